The van der Waals surface area contributed by atoms with Gasteiger partial charge in [0.15, 0.2) is 5.69 Å². The number of amides is 1. The number of thiazole rings is 1. The first-order valence-electron chi connectivity index (χ1n) is 6.98. The van der Waals surface area contributed by atoms with Crippen molar-refractivity contribution in [1.82, 2.24) is 10.3 Å². The van der Waals surface area contributed by atoms with Crippen LogP contribution in [0.3, 0.4) is 0 Å². The van der Waals surface area contributed by atoms with Crippen LogP contribution in [-0.4, -0.2) is 35.1 Å². The maximum absolute atomic E-state index is 11.7. The fourth-order valence-electron chi connectivity index (χ4n) is 1.89. The van der Waals surface area contributed by atoms with Crippen molar-refractivity contribution in [3.63, 3.8) is 0 Å². The Balaban J connectivity index is 2.25. The van der Waals surface area contributed by atoms with Crippen LogP contribution in [0.2, 0.25) is 0 Å². The van der Waals surface area contributed by atoms with Gasteiger partial charge in [-0.15, -0.1) is 11.3 Å². The Morgan fingerprint density at radius 2 is 2.14 bits per heavy atom. The molecule has 1 rings (SSSR count). The molecule has 6 nitrogen and oxygen atoms in total. The van der Waals surface area contributed by atoms with Gasteiger partial charge in [-0.1, -0.05) is 13.8 Å². The summed E-state index contributed by atoms with van der Waals surface area (Å²) in [5.74, 6) is -1.02. The second kappa shape index (κ2) is 8.09. The maximum Gasteiger partial charge on any atom is 0.355 e. The molecular weight excluding hydrogens is 290 g/mol. The first kappa shape index (κ1) is 17.6. The first-order chi connectivity index (χ1) is 9.84. The van der Waals surface area contributed by atoms with Gasteiger partial charge in [-0.3, -0.25) is 4.79 Å². The van der Waals surface area contributed by atoms with Crippen molar-refractivity contribution in [3.05, 3.63) is 16.1 Å². The summed E-state index contributed by atoms with van der Waals surface area (Å²) >= 11 is 1.30. The van der Waals surface area contributed by atoms with Crippen molar-refractivity contribution < 1.29 is 14.7 Å². The Morgan fingerprint density at radius 1 is 1.43 bits per heavy atom. The molecule has 0 atom stereocenters. The molecule has 0 aliphatic carbocycles. The average molecular weight is 313 g/mol. The van der Waals surface area contributed by atoms with Crippen molar-refractivity contribution in [2.45, 2.75) is 39.5 Å². The van der Waals surface area contributed by atoms with Crippen LogP contribution in [0.25, 0.3) is 0 Å². The SMILES string of the molecule is CC(C)(CCN)CCC(=O)NCCc1nc(C(=O)O)cs1. The summed E-state index contributed by atoms with van der Waals surface area (Å²) < 4.78 is 0. The van der Waals surface area contributed by atoms with Crippen molar-refractivity contribution in [3.8, 4) is 0 Å². The van der Waals surface area contributed by atoms with Crippen LogP contribution < -0.4 is 11.1 Å². The highest BCUT2D eigenvalue weighted by atomic mass is 32.1. The lowest BCUT2D eigenvalue weighted by atomic mass is 9.84. The highest BCUT2D eigenvalue weighted by molar-refractivity contribution is 7.09. The number of hydrogen-bond acceptors (Lipinski definition) is 5. The largest absolute Gasteiger partial charge is 0.476 e. The predicted octanol–water partition coefficient (Wildman–Crippen LogP) is 1.66. The molecule has 1 amide bonds. The Bertz CT molecular complexity index is 486. The van der Waals surface area contributed by atoms with E-state index >= 15 is 0 Å². The van der Waals surface area contributed by atoms with Crippen molar-refractivity contribution >= 4 is 23.2 Å². The number of carboxylic acid groups (broad SMARTS) is 1. The van der Waals surface area contributed by atoms with Gasteiger partial charge in [0.1, 0.15) is 0 Å². The number of hydrogen-bond donors (Lipinski definition) is 3. The summed E-state index contributed by atoms with van der Waals surface area (Å²) in [7, 11) is 0. The van der Waals surface area contributed by atoms with Crippen LogP contribution in [0.5, 0.6) is 0 Å². The number of carbonyl (C=O) groups is 2. The maximum atomic E-state index is 11.7. The number of nitrogens with two attached hydrogens (primary N) is 1. The Morgan fingerprint density at radius 3 is 2.71 bits per heavy atom. The van der Waals surface area contributed by atoms with Crippen molar-refractivity contribution in [2.24, 2.45) is 11.1 Å². The van der Waals surface area contributed by atoms with Gasteiger partial charge in [-0.2, -0.15) is 0 Å². The number of rotatable bonds is 9. The highest BCUT2D eigenvalue weighted by Crippen LogP contribution is 2.25. The third-order valence-corrected chi connectivity index (χ3v) is 4.19. The minimum absolute atomic E-state index is 0.00936. The molecule has 0 aliphatic heterocycles. The molecule has 0 fully saturated rings. The van der Waals surface area contributed by atoms with E-state index in [-0.39, 0.29) is 17.0 Å². The summed E-state index contributed by atoms with van der Waals surface area (Å²) in [4.78, 5) is 26.4. The van der Waals surface area contributed by atoms with E-state index in [0.29, 0.717) is 25.9 Å². The zero-order chi connectivity index (χ0) is 15.9. The molecule has 1 aromatic heterocycles. The molecule has 1 aromatic rings. The highest BCUT2D eigenvalue weighted by Gasteiger charge is 2.18. The topological polar surface area (TPSA) is 105 Å². The quantitative estimate of drug-likeness (QED) is 0.643. The van der Waals surface area contributed by atoms with Gasteiger partial charge in [-0.25, -0.2) is 9.78 Å². The monoisotopic (exact) mass is 313 g/mol. The zero-order valence-corrected chi connectivity index (χ0v) is 13.3. The summed E-state index contributed by atoms with van der Waals surface area (Å²) in [5, 5.41) is 13.8. The van der Waals surface area contributed by atoms with Crippen LogP contribution in [0.15, 0.2) is 5.38 Å². The van der Waals surface area contributed by atoms with Gasteiger partial charge < -0.3 is 16.2 Å². The molecule has 0 radical (unpaired) electrons. The summed E-state index contributed by atoms with van der Waals surface area (Å²) in [5.41, 5.74) is 5.68. The molecule has 118 valence electrons. The lowest BCUT2D eigenvalue weighted by Crippen LogP contribution is -2.27. The molecule has 0 saturated heterocycles. The van der Waals surface area contributed by atoms with E-state index in [0.717, 1.165) is 17.8 Å². The van der Waals surface area contributed by atoms with Crippen LogP contribution in [0, 0.1) is 5.41 Å². The number of aromatic nitrogens is 1. The zero-order valence-electron chi connectivity index (χ0n) is 12.5. The van der Waals surface area contributed by atoms with Crippen molar-refractivity contribution in [2.75, 3.05) is 13.1 Å². The normalized spacial score (nSPS) is 11.4. The fraction of sp³-hybridized carbons (Fsp3) is 0.643. The van der Waals surface area contributed by atoms with E-state index in [9.17, 15) is 9.59 Å². The van der Waals surface area contributed by atoms with Gasteiger partial charge in [-0.05, 0) is 24.8 Å². The summed E-state index contributed by atoms with van der Waals surface area (Å²) in [6.07, 6.45) is 2.73. The molecule has 21 heavy (non-hydrogen) atoms. The average Bonchev–Trinajstić information content (AvgIpc) is 2.85. The molecule has 0 spiro atoms. The molecule has 7 heteroatoms. The standard InChI is InChI=1S/C14H23N3O3S/c1-14(2,6-7-15)5-3-11(18)16-8-4-12-17-10(9-21-12)13(19)20/h9H,3-8,15H2,1-2H3,(H,16,18)(H,19,20). The molecule has 4 N–H and O–H groups in total. The van der Waals surface area contributed by atoms with Crippen LogP contribution in [0.4, 0.5) is 0 Å². The lowest BCUT2D eigenvalue weighted by Gasteiger charge is -2.23. The molecule has 0 unspecified atom stereocenters. The molecule has 1 heterocycles. The summed E-state index contributed by atoms with van der Waals surface area (Å²) in [6.45, 7) is 5.32. The fourth-order valence-corrected chi connectivity index (χ4v) is 2.66. The number of aromatic carboxylic acids is 1. The lowest BCUT2D eigenvalue weighted by molar-refractivity contribution is -0.121. The number of nitrogens with zero attached hydrogens (tertiary/aromatic N) is 1. The second-order valence-electron chi connectivity index (χ2n) is 5.73. The Hall–Kier alpha value is -1.47. The van der Waals surface area contributed by atoms with E-state index in [1.807, 2.05) is 0 Å². The predicted molar refractivity (Wildman–Crippen MR) is 82.5 cm³/mol. The first-order valence-corrected chi connectivity index (χ1v) is 7.86. The minimum atomic E-state index is -1.02. The van der Waals surface area contributed by atoms with Crippen LogP contribution in [0.1, 0.15) is 48.6 Å². The minimum Gasteiger partial charge on any atom is -0.476 e. The smallest absolute Gasteiger partial charge is 0.355 e. The van der Waals surface area contributed by atoms with E-state index in [4.69, 9.17) is 10.8 Å². The van der Waals surface area contributed by atoms with Gasteiger partial charge in [0.2, 0.25) is 5.91 Å². The Labute approximate surface area is 128 Å². The molecular formula is C14H23N3O3S. The van der Waals surface area contributed by atoms with Crippen LogP contribution in [-0.2, 0) is 11.2 Å². The van der Waals surface area contributed by atoms with E-state index in [2.05, 4.69) is 24.1 Å². The number of carbonyl (C=O) groups excluding carboxylic acids is 1. The van der Waals surface area contributed by atoms with Crippen molar-refractivity contribution in [1.29, 1.82) is 0 Å². The third-order valence-electron chi connectivity index (χ3n) is 3.28. The van der Waals surface area contributed by atoms with Crippen LogP contribution >= 0.6 is 11.3 Å². The second-order valence-corrected chi connectivity index (χ2v) is 6.68. The number of nitrogens with one attached hydrogen (secondary N) is 1. The number of carboxylic acids is 1. The molecule has 0 bridgehead atoms. The van der Waals surface area contributed by atoms with Gasteiger partial charge in [0, 0.05) is 24.8 Å². The van der Waals surface area contributed by atoms with E-state index < -0.39 is 5.97 Å². The Kier molecular flexibility index (Phi) is 6.77. The molecule has 0 saturated carbocycles. The molecule has 0 aromatic carbocycles. The third kappa shape index (κ3) is 6.68. The summed E-state index contributed by atoms with van der Waals surface area (Å²) in [6, 6.07) is 0. The van der Waals surface area contributed by atoms with E-state index in [1.54, 1.807) is 0 Å². The van der Waals surface area contributed by atoms with Gasteiger partial charge in [0.05, 0.1) is 5.01 Å². The van der Waals surface area contributed by atoms with Gasteiger partial charge in [0.25, 0.3) is 0 Å². The van der Waals surface area contributed by atoms with Gasteiger partial charge >= 0.3 is 5.97 Å². The molecule has 0 aliphatic rings. The van der Waals surface area contributed by atoms with E-state index in [1.165, 1.54) is 16.7 Å².